The summed E-state index contributed by atoms with van der Waals surface area (Å²) in [5, 5.41) is 4.41. The molecule has 1 unspecified atom stereocenters. The molecule has 0 bridgehead atoms. The molecule has 3 rings (SSSR count). The minimum absolute atomic E-state index is 0.427. The van der Waals surface area contributed by atoms with Crippen LogP contribution in [0.2, 0.25) is 0 Å². The summed E-state index contributed by atoms with van der Waals surface area (Å²) >= 11 is 0. The number of pyridine rings is 1. The van der Waals surface area contributed by atoms with E-state index in [1.165, 1.54) is 4.81 Å². The molecule has 0 aliphatic heterocycles. The van der Waals surface area contributed by atoms with Gasteiger partial charge in [-0.2, -0.15) is 0 Å². The second kappa shape index (κ2) is 10.5. The Kier molecular flexibility index (Phi) is 7.54. The summed E-state index contributed by atoms with van der Waals surface area (Å²) in [5.41, 5.74) is 1.72. The molecular formula is C23H26BFN3O2. The van der Waals surface area contributed by atoms with E-state index < -0.39 is 6.17 Å². The van der Waals surface area contributed by atoms with E-state index in [9.17, 15) is 4.32 Å². The molecular weight excluding hydrogens is 380 g/mol. The van der Waals surface area contributed by atoms with Crippen LogP contribution in [0.1, 0.15) is 18.9 Å². The van der Waals surface area contributed by atoms with Crippen molar-refractivity contribution >= 4 is 24.4 Å². The summed E-state index contributed by atoms with van der Waals surface area (Å²) < 4.78 is 24.9. The first-order chi connectivity index (χ1) is 14.7. The Morgan fingerprint density at radius 2 is 1.80 bits per heavy atom. The number of halogens is 1. The fourth-order valence-electron chi connectivity index (χ4n) is 3.30. The van der Waals surface area contributed by atoms with Crippen LogP contribution in [0.25, 0.3) is 10.9 Å². The number of anilines is 1. The maximum Gasteiger partial charge on any atom is 0.491 e. The Hall–Kier alpha value is -3.22. The standard InChI is InChI=1S/C23H26BFN3O2/c1-4-5-15-28(24-25)23(16-18-20(29-2)11-8-12-21(18)30-3)27-22-14-13-17-9-6-7-10-19(17)26-22/h5-15,23H,4,16H2,1-3H3,(H,26,27)/b15-5-. The van der Waals surface area contributed by atoms with Gasteiger partial charge in [0.2, 0.25) is 0 Å². The van der Waals surface area contributed by atoms with Gasteiger partial charge in [-0.15, -0.1) is 0 Å². The van der Waals surface area contributed by atoms with E-state index in [0.717, 1.165) is 22.9 Å². The number of rotatable bonds is 10. The van der Waals surface area contributed by atoms with E-state index in [1.807, 2.05) is 67.6 Å². The fourth-order valence-corrected chi connectivity index (χ4v) is 3.30. The van der Waals surface area contributed by atoms with Crippen molar-refractivity contribution in [2.75, 3.05) is 19.5 Å². The number of nitrogens with zero attached hydrogens (tertiary/aromatic N) is 2. The number of para-hydroxylation sites is 1. The van der Waals surface area contributed by atoms with Gasteiger partial charge in [-0.05, 0) is 43.0 Å². The van der Waals surface area contributed by atoms with E-state index >= 15 is 0 Å². The Morgan fingerprint density at radius 1 is 1.07 bits per heavy atom. The van der Waals surface area contributed by atoms with Crippen molar-refractivity contribution in [2.24, 2.45) is 0 Å². The minimum Gasteiger partial charge on any atom is -0.496 e. The van der Waals surface area contributed by atoms with Gasteiger partial charge in [0, 0.05) is 17.4 Å². The number of methoxy groups -OCH3 is 2. The molecule has 1 aromatic heterocycles. The predicted octanol–water partition coefficient (Wildman–Crippen LogP) is 4.96. The molecule has 1 radical (unpaired) electrons. The Morgan fingerprint density at radius 3 is 2.47 bits per heavy atom. The number of aromatic nitrogens is 1. The van der Waals surface area contributed by atoms with Gasteiger partial charge in [0.05, 0.1) is 25.9 Å². The monoisotopic (exact) mass is 406 g/mol. The Balaban J connectivity index is 1.97. The lowest BCUT2D eigenvalue weighted by Crippen LogP contribution is -2.40. The zero-order valence-corrected chi connectivity index (χ0v) is 17.5. The third-order valence-corrected chi connectivity index (χ3v) is 4.83. The van der Waals surface area contributed by atoms with Crippen molar-refractivity contribution in [1.29, 1.82) is 0 Å². The summed E-state index contributed by atoms with van der Waals surface area (Å²) in [5.74, 6) is 2.03. The number of benzene rings is 2. The van der Waals surface area contributed by atoms with Gasteiger partial charge in [-0.25, -0.2) is 4.98 Å². The lowest BCUT2D eigenvalue weighted by Gasteiger charge is -2.30. The average Bonchev–Trinajstić information content (AvgIpc) is 2.79. The van der Waals surface area contributed by atoms with Crippen LogP contribution in [0.4, 0.5) is 10.1 Å². The van der Waals surface area contributed by atoms with Gasteiger partial charge in [0.25, 0.3) is 0 Å². The average molecular weight is 406 g/mol. The predicted molar refractivity (Wildman–Crippen MR) is 121 cm³/mol. The van der Waals surface area contributed by atoms with E-state index in [4.69, 9.17) is 9.47 Å². The first-order valence-electron chi connectivity index (χ1n) is 9.90. The van der Waals surface area contributed by atoms with Crippen molar-refractivity contribution in [3.05, 3.63) is 72.4 Å². The summed E-state index contributed by atoms with van der Waals surface area (Å²) in [4.78, 5) is 6.17. The van der Waals surface area contributed by atoms with Crippen LogP contribution >= 0.6 is 0 Å². The highest BCUT2D eigenvalue weighted by atomic mass is 19.1. The van der Waals surface area contributed by atoms with Gasteiger partial charge in [0.15, 0.2) is 0 Å². The molecule has 3 aromatic rings. The molecule has 155 valence electrons. The number of hydrogen-bond acceptors (Lipinski definition) is 5. The zero-order valence-electron chi connectivity index (χ0n) is 17.5. The Labute approximate surface area is 177 Å². The Bertz CT molecular complexity index is 977. The minimum atomic E-state index is -0.448. The molecule has 0 saturated heterocycles. The smallest absolute Gasteiger partial charge is 0.491 e. The van der Waals surface area contributed by atoms with E-state index in [0.29, 0.717) is 31.4 Å². The van der Waals surface area contributed by atoms with E-state index in [2.05, 4.69) is 10.3 Å². The quantitative estimate of drug-likeness (QED) is 0.381. The summed E-state index contributed by atoms with van der Waals surface area (Å²) in [6.07, 6.45) is 4.40. The first-order valence-corrected chi connectivity index (χ1v) is 9.90. The fraction of sp³-hybridized carbons (Fsp3) is 0.261. The molecule has 30 heavy (non-hydrogen) atoms. The van der Waals surface area contributed by atoms with Crippen molar-refractivity contribution in [1.82, 2.24) is 9.79 Å². The maximum absolute atomic E-state index is 13.9. The zero-order chi connectivity index (χ0) is 21.3. The van der Waals surface area contributed by atoms with Crippen molar-refractivity contribution in [2.45, 2.75) is 25.9 Å². The number of fused-ring (bicyclic) bond motifs is 1. The second-order valence-corrected chi connectivity index (χ2v) is 6.73. The van der Waals surface area contributed by atoms with Gasteiger partial charge < -0.3 is 23.9 Å². The molecule has 0 aliphatic rings. The van der Waals surface area contributed by atoms with Crippen LogP contribution in [0, 0.1) is 0 Å². The molecule has 7 heteroatoms. The number of hydrogen-bond donors (Lipinski definition) is 1. The molecule has 1 heterocycles. The third-order valence-electron chi connectivity index (χ3n) is 4.83. The molecule has 1 atom stereocenters. The van der Waals surface area contributed by atoms with Gasteiger partial charge >= 0.3 is 7.69 Å². The van der Waals surface area contributed by atoms with Crippen LogP contribution < -0.4 is 14.8 Å². The molecule has 1 N–H and O–H groups in total. The SMILES string of the molecule is CC/C=C\N([B]F)C(Cc1c(OC)cccc1OC)Nc1ccc2ccccc2n1. The van der Waals surface area contributed by atoms with Gasteiger partial charge in [-0.1, -0.05) is 37.3 Å². The second-order valence-electron chi connectivity index (χ2n) is 6.73. The molecule has 0 fully saturated rings. The highest BCUT2D eigenvalue weighted by Gasteiger charge is 2.22. The van der Waals surface area contributed by atoms with Crippen LogP contribution in [-0.2, 0) is 6.42 Å². The molecule has 0 aliphatic carbocycles. The van der Waals surface area contributed by atoms with Crippen LogP contribution in [-0.4, -0.2) is 37.9 Å². The molecule has 5 nitrogen and oxygen atoms in total. The first kappa shape index (κ1) is 21.5. The third kappa shape index (κ3) is 5.03. The van der Waals surface area contributed by atoms with Crippen LogP contribution in [0.5, 0.6) is 11.5 Å². The summed E-state index contributed by atoms with van der Waals surface area (Å²) in [6, 6.07) is 17.4. The molecule has 0 spiro atoms. The summed E-state index contributed by atoms with van der Waals surface area (Å²) in [7, 11) is 3.79. The normalized spacial score (nSPS) is 12.0. The lowest BCUT2D eigenvalue weighted by molar-refractivity contribution is 0.370. The number of allylic oxidation sites excluding steroid dienone is 1. The highest BCUT2D eigenvalue weighted by molar-refractivity contribution is 6.23. The summed E-state index contributed by atoms with van der Waals surface area (Å²) in [6.45, 7) is 2.00. The van der Waals surface area contributed by atoms with Crippen molar-refractivity contribution < 1.29 is 13.8 Å². The molecule has 0 amide bonds. The van der Waals surface area contributed by atoms with Gasteiger partial charge in [-0.3, -0.25) is 0 Å². The molecule has 2 aromatic carbocycles. The van der Waals surface area contributed by atoms with E-state index in [-0.39, 0.29) is 0 Å². The number of ether oxygens (including phenoxy) is 2. The highest BCUT2D eigenvalue weighted by Crippen LogP contribution is 2.30. The van der Waals surface area contributed by atoms with Crippen LogP contribution in [0.15, 0.2) is 66.9 Å². The largest absolute Gasteiger partial charge is 0.496 e. The van der Waals surface area contributed by atoms with Crippen molar-refractivity contribution in [3.8, 4) is 11.5 Å². The molecule has 0 saturated carbocycles. The lowest BCUT2D eigenvalue weighted by atomic mass is 10.0. The van der Waals surface area contributed by atoms with E-state index in [1.54, 1.807) is 20.4 Å². The topological polar surface area (TPSA) is 46.6 Å². The maximum atomic E-state index is 13.9. The van der Waals surface area contributed by atoms with Gasteiger partial charge in [0.1, 0.15) is 17.3 Å². The van der Waals surface area contributed by atoms with Crippen LogP contribution in [0.3, 0.4) is 0 Å². The number of nitrogens with one attached hydrogen (secondary N) is 1. The van der Waals surface area contributed by atoms with Crippen molar-refractivity contribution in [3.63, 3.8) is 0 Å².